The Morgan fingerprint density at radius 1 is 1.41 bits per heavy atom. The summed E-state index contributed by atoms with van der Waals surface area (Å²) in [6.45, 7) is 0. The lowest BCUT2D eigenvalue weighted by atomic mass is 10.2. The molecule has 0 aliphatic carbocycles. The highest BCUT2D eigenvalue weighted by atomic mass is 79.9. The molecule has 1 heterocycles. The van der Waals surface area contributed by atoms with Crippen molar-refractivity contribution < 1.29 is 9.52 Å². The largest absolute Gasteiger partial charge is 0.506 e. The van der Waals surface area contributed by atoms with Gasteiger partial charge < -0.3 is 15.3 Å². The van der Waals surface area contributed by atoms with E-state index in [0.717, 1.165) is 0 Å². The van der Waals surface area contributed by atoms with Crippen LogP contribution in [0.25, 0.3) is 11.0 Å². The van der Waals surface area contributed by atoms with Crippen molar-refractivity contribution >= 4 is 44.9 Å². The number of hydrogen-bond acceptors (Lipinski definition) is 5. The summed E-state index contributed by atoms with van der Waals surface area (Å²) >= 11 is 0.671. The van der Waals surface area contributed by atoms with Crippen molar-refractivity contribution in [2.45, 2.75) is 4.90 Å². The molecule has 1 aromatic carbocycles. The van der Waals surface area contributed by atoms with Crippen molar-refractivity contribution in [3.05, 3.63) is 34.7 Å². The molecule has 0 radical (unpaired) electrons. The molecule has 7 heteroatoms. The molecule has 4 N–H and O–H groups in total. The van der Waals surface area contributed by atoms with Crippen LogP contribution in [0.4, 0.5) is 0 Å². The molecule has 17 heavy (non-hydrogen) atoms. The third-order valence-electron chi connectivity index (χ3n) is 1.96. The molecule has 0 aliphatic heterocycles. The minimum absolute atomic E-state index is 0. The maximum atomic E-state index is 11.5. The van der Waals surface area contributed by atoms with Gasteiger partial charge in [0.25, 0.3) is 0 Å². The number of nitrogens with two attached hydrogens (primary N) is 1. The number of amidine groups is 1. The maximum Gasteiger partial charge on any atom is 0.354 e. The van der Waals surface area contributed by atoms with Crippen molar-refractivity contribution in [3.8, 4) is 5.75 Å². The minimum Gasteiger partial charge on any atom is -0.506 e. The number of hydrogen-bond donors (Lipinski definition) is 3. The molecule has 2 aromatic rings. The smallest absolute Gasteiger partial charge is 0.354 e. The van der Waals surface area contributed by atoms with Crippen LogP contribution in [-0.4, -0.2) is 10.3 Å². The number of thioether (sulfide) groups is 1. The molecule has 0 saturated heterocycles. The Morgan fingerprint density at radius 2 is 2.06 bits per heavy atom. The second-order valence-corrected chi connectivity index (χ2v) is 4.08. The summed E-state index contributed by atoms with van der Waals surface area (Å²) in [6.07, 6.45) is 0. The molecular formula is C10H9BrN2O3S. The summed E-state index contributed by atoms with van der Waals surface area (Å²) in [7, 11) is 0. The first-order valence-electron chi connectivity index (χ1n) is 4.36. The van der Waals surface area contributed by atoms with Gasteiger partial charge in [0.05, 0.1) is 5.39 Å². The summed E-state index contributed by atoms with van der Waals surface area (Å²) in [4.78, 5) is 11.4. The summed E-state index contributed by atoms with van der Waals surface area (Å²) < 4.78 is 4.99. The fourth-order valence-corrected chi connectivity index (χ4v) is 1.87. The molecule has 0 spiro atoms. The van der Waals surface area contributed by atoms with Gasteiger partial charge in [-0.25, -0.2) is 4.79 Å². The zero-order valence-electron chi connectivity index (χ0n) is 8.47. The van der Waals surface area contributed by atoms with Gasteiger partial charge in [0, 0.05) is 0 Å². The van der Waals surface area contributed by atoms with Gasteiger partial charge in [0.1, 0.15) is 16.2 Å². The molecule has 0 saturated carbocycles. The van der Waals surface area contributed by atoms with Crippen molar-refractivity contribution in [2.75, 3.05) is 0 Å². The van der Waals surface area contributed by atoms with Crippen LogP contribution >= 0.6 is 28.7 Å². The average Bonchev–Trinajstić information content (AvgIpc) is 2.24. The van der Waals surface area contributed by atoms with E-state index in [1.54, 1.807) is 24.3 Å². The van der Waals surface area contributed by atoms with E-state index in [0.29, 0.717) is 22.7 Å². The molecule has 2 rings (SSSR count). The molecule has 0 fully saturated rings. The van der Waals surface area contributed by atoms with Crippen molar-refractivity contribution in [3.63, 3.8) is 0 Å². The number of aromatic hydroxyl groups is 1. The van der Waals surface area contributed by atoms with E-state index in [2.05, 4.69) is 0 Å². The van der Waals surface area contributed by atoms with Gasteiger partial charge in [-0.2, -0.15) is 0 Å². The number of benzene rings is 1. The zero-order chi connectivity index (χ0) is 11.7. The third-order valence-corrected chi connectivity index (χ3v) is 2.74. The van der Waals surface area contributed by atoms with Crippen LogP contribution < -0.4 is 11.4 Å². The van der Waals surface area contributed by atoms with Crippen molar-refractivity contribution in [2.24, 2.45) is 5.73 Å². The predicted octanol–water partition coefficient (Wildman–Crippen LogP) is 2.06. The molecular weight excluding hydrogens is 308 g/mol. The normalized spacial score (nSPS) is 9.88. The Morgan fingerprint density at radius 3 is 2.71 bits per heavy atom. The average molecular weight is 317 g/mol. The van der Waals surface area contributed by atoms with Crippen LogP contribution in [-0.2, 0) is 0 Å². The van der Waals surface area contributed by atoms with E-state index < -0.39 is 5.63 Å². The number of para-hydroxylation sites is 1. The monoisotopic (exact) mass is 316 g/mol. The Bertz CT molecular complexity index is 626. The van der Waals surface area contributed by atoms with E-state index in [1.165, 1.54) is 0 Å². The van der Waals surface area contributed by atoms with Gasteiger partial charge in [-0.15, -0.1) is 17.0 Å². The van der Waals surface area contributed by atoms with Crippen LogP contribution in [0.5, 0.6) is 5.75 Å². The minimum atomic E-state index is -0.698. The van der Waals surface area contributed by atoms with E-state index in [1.807, 2.05) is 0 Å². The molecule has 0 aliphatic rings. The lowest BCUT2D eigenvalue weighted by Gasteiger charge is -2.04. The lowest BCUT2D eigenvalue weighted by molar-refractivity contribution is 0.447. The topological polar surface area (TPSA) is 100 Å². The molecule has 0 unspecified atom stereocenters. The number of fused-ring (bicyclic) bond motifs is 1. The molecule has 0 amide bonds. The maximum absolute atomic E-state index is 11.5. The fraction of sp³-hybridized carbons (Fsp3) is 0. The summed E-state index contributed by atoms with van der Waals surface area (Å²) in [5.74, 6) is -0.202. The van der Waals surface area contributed by atoms with Crippen LogP contribution in [0.2, 0.25) is 0 Å². The Balaban J connectivity index is 0.00000144. The summed E-state index contributed by atoms with van der Waals surface area (Å²) in [5.41, 5.74) is 4.77. The Hall–Kier alpha value is -1.47. The number of halogens is 1. The first kappa shape index (κ1) is 13.6. The van der Waals surface area contributed by atoms with E-state index in [-0.39, 0.29) is 32.8 Å². The number of rotatable bonds is 1. The first-order valence-corrected chi connectivity index (χ1v) is 5.18. The fourth-order valence-electron chi connectivity index (χ4n) is 1.32. The third kappa shape index (κ3) is 2.62. The van der Waals surface area contributed by atoms with Gasteiger partial charge in [-0.1, -0.05) is 12.1 Å². The molecule has 1 aromatic heterocycles. The molecule has 0 bridgehead atoms. The highest BCUT2D eigenvalue weighted by Crippen LogP contribution is 2.31. The highest BCUT2D eigenvalue weighted by Gasteiger charge is 2.14. The molecule has 90 valence electrons. The second kappa shape index (κ2) is 5.24. The van der Waals surface area contributed by atoms with E-state index >= 15 is 0 Å². The van der Waals surface area contributed by atoms with Gasteiger partial charge in [0.2, 0.25) is 0 Å². The Kier molecular flexibility index (Phi) is 4.19. The van der Waals surface area contributed by atoms with Gasteiger partial charge >= 0.3 is 5.63 Å². The van der Waals surface area contributed by atoms with E-state index in [9.17, 15) is 9.90 Å². The van der Waals surface area contributed by atoms with Crippen LogP contribution in [0.3, 0.4) is 0 Å². The standard InChI is InChI=1S/C10H8N2O3S.BrH/c11-10(12)16-8-7(13)5-3-1-2-4-6(5)15-9(8)14;/h1-4,13H,(H3,11,12);1H. The van der Waals surface area contributed by atoms with E-state index in [4.69, 9.17) is 15.6 Å². The summed E-state index contributed by atoms with van der Waals surface area (Å²) in [5, 5.41) is 17.1. The highest BCUT2D eigenvalue weighted by molar-refractivity contribution is 8.93. The first-order chi connectivity index (χ1) is 7.59. The predicted molar refractivity (Wildman–Crippen MR) is 72.2 cm³/mol. The zero-order valence-corrected chi connectivity index (χ0v) is 11.0. The quantitative estimate of drug-likeness (QED) is 0.323. The molecule has 0 atom stereocenters. The summed E-state index contributed by atoms with van der Waals surface area (Å²) in [6, 6.07) is 6.61. The SMILES string of the molecule is Br.N=C(N)Sc1c(O)c2ccccc2oc1=O. The van der Waals surface area contributed by atoms with Gasteiger partial charge in [-0.05, 0) is 23.9 Å². The van der Waals surface area contributed by atoms with Crippen molar-refractivity contribution in [1.82, 2.24) is 0 Å². The van der Waals surface area contributed by atoms with Crippen LogP contribution in [0.1, 0.15) is 0 Å². The lowest BCUT2D eigenvalue weighted by Crippen LogP contribution is -2.09. The Labute approximate surface area is 111 Å². The second-order valence-electron chi connectivity index (χ2n) is 3.03. The van der Waals surface area contributed by atoms with Gasteiger partial charge in [-0.3, -0.25) is 5.41 Å². The van der Waals surface area contributed by atoms with Crippen molar-refractivity contribution in [1.29, 1.82) is 5.41 Å². The van der Waals surface area contributed by atoms with Crippen LogP contribution in [0.15, 0.2) is 38.4 Å². The van der Waals surface area contributed by atoms with Crippen LogP contribution in [0, 0.1) is 5.41 Å². The molecule has 5 nitrogen and oxygen atoms in total. The van der Waals surface area contributed by atoms with Gasteiger partial charge in [0.15, 0.2) is 5.17 Å². The number of nitrogens with one attached hydrogen (secondary N) is 1.